The molecule has 2 heterocycles. The third kappa shape index (κ3) is 6.66. The maximum Gasteiger partial charge on any atom is 0.277 e. The van der Waals surface area contributed by atoms with Crippen molar-refractivity contribution >= 4 is 29.1 Å². The predicted molar refractivity (Wildman–Crippen MR) is 132 cm³/mol. The molecule has 0 atom stereocenters. The van der Waals surface area contributed by atoms with Gasteiger partial charge in [-0.2, -0.15) is 0 Å². The molecule has 33 heavy (non-hydrogen) atoms. The minimum absolute atomic E-state index is 0.233. The Balaban J connectivity index is 1.52. The lowest BCUT2D eigenvalue weighted by molar-refractivity contribution is 0.0705. The van der Waals surface area contributed by atoms with E-state index in [0.29, 0.717) is 11.9 Å². The molecular weight excluding hydrogens is 440 g/mol. The molecular formula is C24H33ClN6O2. The minimum Gasteiger partial charge on any atom is -0.351 e. The fraction of sp³-hybridized carbons (Fsp3) is 0.458. The summed E-state index contributed by atoms with van der Waals surface area (Å²) in [5, 5.41) is 9.47. The minimum atomic E-state index is -0.610. The van der Waals surface area contributed by atoms with Gasteiger partial charge in [0.05, 0.1) is 5.56 Å². The lowest BCUT2D eigenvalue weighted by Crippen LogP contribution is -2.40. The van der Waals surface area contributed by atoms with Gasteiger partial charge in [-0.25, -0.2) is 15.4 Å². The van der Waals surface area contributed by atoms with Crippen molar-refractivity contribution in [3.05, 3.63) is 59.5 Å². The highest BCUT2D eigenvalue weighted by atomic mass is 35.5. The van der Waals surface area contributed by atoms with E-state index in [1.54, 1.807) is 5.48 Å². The highest BCUT2D eigenvalue weighted by Crippen LogP contribution is 2.25. The van der Waals surface area contributed by atoms with Gasteiger partial charge in [0, 0.05) is 56.3 Å². The van der Waals surface area contributed by atoms with Gasteiger partial charge in [-0.1, -0.05) is 25.1 Å². The van der Waals surface area contributed by atoms with Crippen molar-refractivity contribution in [3.63, 3.8) is 0 Å². The molecule has 2 aromatic rings. The van der Waals surface area contributed by atoms with Crippen molar-refractivity contribution < 1.29 is 10.0 Å². The number of nitrogens with zero attached hydrogens (tertiary/aromatic N) is 5. The number of hydrogen-bond donors (Lipinski definition) is 2. The number of rotatable bonds is 10. The summed E-state index contributed by atoms with van der Waals surface area (Å²) in [6.45, 7) is 10.9. The van der Waals surface area contributed by atoms with Crippen LogP contribution >= 0.6 is 11.6 Å². The number of benzene rings is 1. The maximum absolute atomic E-state index is 11.4. The Hall–Kier alpha value is -2.68. The fourth-order valence-corrected chi connectivity index (χ4v) is 4.40. The van der Waals surface area contributed by atoms with Crippen LogP contribution < -0.4 is 15.3 Å². The summed E-state index contributed by atoms with van der Waals surface area (Å²) < 4.78 is 0. The highest BCUT2D eigenvalue weighted by molar-refractivity contribution is 6.30. The van der Waals surface area contributed by atoms with Crippen LogP contribution in [0.3, 0.4) is 0 Å². The molecule has 0 radical (unpaired) electrons. The van der Waals surface area contributed by atoms with Gasteiger partial charge in [0.1, 0.15) is 0 Å². The van der Waals surface area contributed by atoms with Gasteiger partial charge in [-0.3, -0.25) is 10.0 Å². The molecule has 178 valence electrons. The molecule has 0 bridgehead atoms. The summed E-state index contributed by atoms with van der Waals surface area (Å²) in [7, 11) is 2.00. The Bertz CT molecular complexity index is 931. The van der Waals surface area contributed by atoms with E-state index in [0.717, 1.165) is 62.7 Å². The number of carbonyl (C=O) groups excluding carboxylic acids is 1. The summed E-state index contributed by atoms with van der Waals surface area (Å²) in [5.41, 5.74) is 4.20. The van der Waals surface area contributed by atoms with E-state index in [1.807, 2.05) is 24.2 Å². The first-order chi connectivity index (χ1) is 15.9. The molecule has 0 unspecified atom stereocenters. The van der Waals surface area contributed by atoms with Gasteiger partial charge in [-0.15, -0.1) is 0 Å². The van der Waals surface area contributed by atoms with Crippen LogP contribution in [0.25, 0.3) is 0 Å². The molecule has 1 amide bonds. The second-order valence-corrected chi connectivity index (χ2v) is 8.79. The number of anilines is 2. The largest absolute Gasteiger partial charge is 0.351 e. The summed E-state index contributed by atoms with van der Waals surface area (Å²) in [6.07, 6.45) is 7.76. The van der Waals surface area contributed by atoms with Crippen molar-refractivity contribution in [2.45, 2.75) is 26.2 Å². The van der Waals surface area contributed by atoms with E-state index in [9.17, 15) is 4.79 Å². The van der Waals surface area contributed by atoms with E-state index in [1.165, 1.54) is 18.0 Å². The van der Waals surface area contributed by atoms with Crippen LogP contribution in [0.1, 0.15) is 35.7 Å². The monoisotopic (exact) mass is 472 g/mol. The summed E-state index contributed by atoms with van der Waals surface area (Å²) >= 11 is 6.26. The fourth-order valence-electron chi connectivity index (χ4n) is 4.20. The lowest BCUT2D eigenvalue weighted by atomic mass is 9.96. The predicted octanol–water partition coefficient (Wildman–Crippen LogP) is 3.61. The van der Waals surface area contributed by atoms with Gasteiger partial charge in [-0.05, 0) is 61.7 Å². The molecule has 1 fully saturated rings. The Labute approximate surface area is 200 Å². The summed E-state index contributed by atoms with van der Waals surface area (Å²) in [6, 6.07) is 6.03. The standard InChI is InChI=1S/C24H33ClN6O2/c1-4-29(3)22-7-6-21(25)14-19(22)10-11-30(5-2)17-18-8-12-31(13-9-18)24-26-15-20(16-27-24)23(32)28-33/h4,6-7,14-16,18,33H,1,5,8-13,17H2,2-3H3,(H,28,32). The van der Waals surface area contributed by atoms with Crippen molar-refractivity contribution in [3.8, 4) is 0 Å². The van der Waals surface area contributed by atoms with Crippen LogP contribution in [-0.2, 0) is 6.42 Å². The first-order valence-corrected chi connectivity index (χ1v) is 11.7. The lowest BCUT2D eigenvalue weighted by Gasteiger charge is -2.34. The maximum atomic E-state index is 11.4. The van der Waals surface area contributed by atoms with Gasteiger partial charge < -0.3 is 14.7 Å². The average Bonchev–Trinajstić information content (AvgIpc) is 2.86. The second-order valence-electron chi connectivity index (χ2n) is 8.35. The SMILES string of the molecule is C=CN(C)c1ccc(Cl)cc1CCN(CC)CC1CCN(c2ncc(C(=O)NO)cn2)CC1. The number of likely N-dealkylation sites (N-methyl/N-ethyl adjacent to an activating group) is 1. The van der Waals surface area contributed by atoms with E-state index in [4.69, 9.17) is 16.8 Å². The molecule has 0 aliphatic carbocycles. The first kappa shape index (κ1) is 25.0. The number of carbonyl (C=O) groups is 1. The van der Waals surface area contributed by atoms with Crippen LogP contribution in [0.15, 0.2) is 43.4 Å². The van der Waals surface area contributed by atoms with Crippen LogP contribution in [0.5, 0.6) is 0 Å². The molecule has 0 saturated carbocycles. The zero-order chi connectivity index (χ0) is 23.8. The van der Waals surface area contributed by atoms with Crippen LogP contribution in [0.4, 0.5) is 11.6 Å². The number of hydroxylamine groups is 1. The van der Waals surface area contributed by atoms with Crippen molar-refractivity contribution in [2.75, 3.05) is 49.6 Å². The van der Waals surface area contributed by atoms with E-state index in [2.05, 4.69) is 45.4 Å². The number of halogens is 1. The Morgan fingerprint density at radius 2 is 2.03 bits per heavy atom. The van der Waals surface area contributed by atoms with Crippen molar-refractivity contribution in [1.29, 1.82) is 0 Å². The van der Waals surface area contributed by atoms with Gasteiger partial charge in [0.2, 0.25) is 5.95 Å². The zero-order valence-corrected chi connectivity index (χ0v) is 20.1. The van der Waals surface area contributed by atoms with E-state index < -0.39 is 5.91 Å². The molecule has 0 spiro atoms. The van der Waals surface area contributed by atoms with Crippen LogP contribution in [0.2, 0.25) is 5.02 Å². The van der Waals surface area contributed by atoms with E-state index >= 15 is 0 Å². The molecule has 1 aromatic carbocycles. The van der Waals surface area contributed by atoms with Crippen LogP contribution in [0, 0.1) is 5.92 Å². The molecule has 1 saturated heterocycles. The Morgan fingerprint density at radius 1 is 1.33 bits per heavy atom. The molecule has 3 rings (SSSR count). The average molecular weight is 473 g/mol. The van der Waals surface area contributed by atoms with Crippen molar-refractivity contribution in [2.24, 2.45) is 5.92 Å². The Kier molecular flexibility index (Phi) is 9.05. The first-order valence-electron chi connectivity index (χ1n) is 11.3. The Morgan fingerprint density at radius 3 is 2.64 bits per heavy atom. The number of amides is 1. The van der Waals surface area contributed by atoms with Crippen LogP contribution in [-0.4, -0.2) is 65.8 Å². The summed E-state index contributed by atoms with van der Waals surface area (Å²) in [4.78, 5) is 26.7. The zero-order valence-electron chi connectivity index (χ0n) is 19.4. The number of piperidine rings is 1. The number of hydrogen-bond acceptors (Lipinski definition) is 7. The number of aromatic nitrogens is 2. The normalized spacial score (nSPS) is 14.4. The molecule has 1 aliphatic heterocycles. The van der Waals surface area contributed by atoms with Gasteiger partial charge in [0.15, 0.2) is 0 Å². The topological polar surface area (TPSA) is 84.8 Å². The molecule has 1 aromatic heterocycles. The quantitative estimate of drug-likeness (QED) is 0.403. The molecule has 8 nitrogen and oxygen atoms in total. The number of nitrogens with one attached hydrogen (secondary N) is 1. The van der Waals surface area contributed by atoms with Gasteiger partial charge in [0.25, 0.3) is 5.91 Å². The van der Waals surface area contributed by atoms with Crippen molar-refractivity contribution in [1.82, 2.24) is 20.3 Å². The van der Waals surface area contributed by atoms with Gasteiger partial charge >= 0.3 is 0 Å². The molecule has 1 aliphatic rings. The van der Waals surface area contributed by atoms with E-state index in [-0.39, 0.29) is 5.56 Å². The third-order valence-corrected chi connectivity index (χ3v) is 6.49. The molecule has 2 N–H and O–H groups in total. The highest BCUT2D eigenvalue weighted by Gasteiger charge is 2.23. The second kappa shape index (κ2) is 12.0. The third-order valence-electron chi connectivity index (χ3n) is 6.26. The molecule has 9 heteroatoms. The smallest absolute Gasteiger partial charge is 0.277 e. The summed E-state index contributed by atoms with van der Waals surface area (Å²) in [5.74, 6) is 0.631.